The molecule has 1 aliphatic heterocycles. The van der Waals surface area contributed by atoms with Gasteiger partial charge < -0.3 is 19.5 Å². The molecule has 1 aromatic rings. The van der Waals surface area contributed by atoms with Crippen molar-refractivity contribution >= 4 is 11.9 Å². The largest absolute Gasteiger partial charge is 0.483 e. The Kier molecular flexibility index (Phi) is 5.69. The minimum atomic E-state index is -0.571. The fraction of sp³-hybridized carbons (Fsp3) is 0.600. The lowest BCUT2D eigenvalue weighted by Crippen LogP contribution is -2.39. The highest BCUT2D eigenvalue weighted by Gasteiger charge is 2.32. The predicted molar refractivity (Wildman–Crippen MR) is 96.3 cm³/mol. The van der Waals surface area contributed by atoms with Crippen molar-refractivity contribution in [2.75, 3.05) is 13.2 Å². The van der Waals surface area contributed by atoms with Gasteiger partial charge >= 0.3 is 5.97 Å². The van der Waals surface area contributed by atoms with Crippen molar-refractivity contribution in [3.8, 4) is 11.5 Å². The number of ether oxygens (including phenoxy) is 3. The van der Waals surface area contributed by atoms with Crippen LogP contribution in [-0.4, -0.2) is 36.7 Å². The Hall–Kier alpha value is -2.24. The molecule has 0 saturated heterocycles. The zero-order valence-electron chi connectivity index (χ0n) is 15.5. The van der Waals surface area contributed by atoms with Crippen LogP contribution in [0, 0.1) is 0 Å². The van der Waals surface area contributed by atoms with Gasteiger partial charge in [-0.2, -0.15) is 0 Å². The van der Waals surface area contributed by atoms with Crippen molar-refractivity contribution in [2.24, 2.45) is 0 Å². The first kappa shape index (κ1) is 18.5. The molecule has 6 nitrogen and oxygen atoms in total. The molecule has 2 aliphatic rings. The van der Waals surface area contributed by atoms with Gasteiger partial charge in [-0.05, 0) is 32.8 Å². The second kappa shape index (κ2) is 7.98. The van der Waals surface area contributed by atoms with E-state index >= 15 is 0 Å². The van der Waals surface area contributed by atoms with E-state index in [4.69, 9.17) is 14.2 Å². The normalized spacial score (nSPS) is 18.5. The van der Waals surface area contributed by atoms with E-state index in [1.54, 1.807) is 6.07 Å². The number of hydrogen-bond acceptors (Lipinski definition) is 5. The van der Waals surface area contributed by atoms with Gasteiger partial charge in [0.05, 0.1) is 0 Å². The molecule has 0 unspecified atom stereocenters. The summed E-state index contributed by atoms with van der Waals surface area (Å²) in [7, 11) is 0. The second-order valence-electron chi connectivity index (χ2n) is 7.63. The summed E-state index contributed by atoms with van der Waals surface area (Å²) in [6.07, 6.45) is 6.29. The van der Waals surface area contributed by atoms with Gasteiger partial charge in [0.15, 0.2) is 24.7 Å². The minimum absolute atomic E-state index is 0.207. The number of para-hydroxylation sites is 1. The average molecular weight is 361 g/mol. The first-order chi connectivity index (χ1) is 12.4. The van der Waals surface area contributed by atoms with Gasteiger partial charge in [-0.3, -0.25) is 4.79 Å². The minimum Gasteiger partial charge on any atom is -0.483 e. The lowest BCUT2D eigenvalue weighted by Gasteiger charge is -2.22. The molecule has 6 heteroatoms. The van der Waals surface area contributed by atoms with Crippen molar-refractivity contribution in [2.45, 2.75) is 64.0 Å². The molecule has 1 fully saturated rings. The quantitative estimate of drug-likeness (QED) is 0.789. The molecule has 1 amide bonds. The van der Waals surface area contributed by atoms with Crippen LogP contribution in [0.1, 0.15) is 51.5 Å². The van der Waals surface area contributed by atoms with Gasteiger partial charge in [-0.1, -0.05) is 31.4 Å². The Morgan fingerprint density at radius 2 is 1.96 bits per heavy atom. The Labute approximate surface area is 154 Å². The number of carbonyl (C=O) groups is 2. The Morgan fingerprint density at radius 3 is 2.73 bits per heavy atom. The highest BCUT2D eigenvalue weighted by molar-refractivity contribution is 5.81. The molecule has 1 saturated carbocycles. The van der Waals surface area contributed by atoms with E-state index in [2.05, 4.69) is 5.32 Å². The Morgan fingerprint density at radius 1 is 1.19 bits per heavy atom. The zero-order valence-corrected chi connectivity index (χ0v) is 15.5. The van der Waals surface area contributed by atoms with Crippen LogP contribution >= 0.6 is 0 Å². The molecule has 26 heavy (non-hydrogen) atoms. The van der Waals surface area contributed by atoms with Gasteiger partial charge in [0.1, 0.15) is 5.60 Å². The van der Waals surface area contributed by atoms with Crippen LogP contribution in [0.2, 0.25) is 0 Å². The topological polar surface area (TPSA) is 73.9 Å². The van der Waals surface area contributed by atoms with Crippen LogP contribution in [0.15, 0.2) is 18.2 Å². The van der Waals surface area contributed by atoms with Gasteiger partial charge in [-0.15, -0.1) is 0 Å². The fourth-order valence-corrected chi connectivity index (χ4v) is 3.54. The van der Waals surface area contributed by atoms with E-state index in [9.17, 15) is 9.59 Å². The molecule has 0 bridgehead atoms. The van der Waals surface area contributed by atoms with Crippen molar-refractivity contribution < 1.29 is 23.8 Å². The van der Waals surface area contributed by atoms with E-state index in [1.165, 1.54) is 6.42 Å². The van der Waals surface area contributed by atoms with Crippen molar-refractivity contribution in [3.63, 3.8) is 0 Å². The molecule has 3 rings (SSSR count). The van der Waals surface area contributed by atoms with E-state index < -0.39 is 5.97 Å². The first-order valence-corrected chi connectivity index (χ1v) is 9.32. The van der Waals surface area contributed by atoms with Gasteiger partial charge in [0.2, 0.25) is 0 Å². The van der Waals surface area contributed by atoms with Crippen LogP contribution in [0.3, 0.4) is 0 Å². The number of nitrogens with one attached hydrogen (secondary N) is 1. The number of rotatable bonds is 6. The van der Waals surface area contributed by atoms with E-state index in [0.717, 1.165) is 37.7 Å². The van der Waals surface area contributed by atoms with Crippen LogP contribution < -0.4 is 14.8 Å². The monoisotopic (exact) mass is 361 g/mol. The Bertz CT molecular complexity index is 664. The third kappa shape index (κ3) is 4.90. The third-order valence-electron chi connectivity index (χ3n) is 4.74. The molecule has 1 aromatic carbocycles. The SMILES string of the molecule is CC1(C)Cc2cccc(OCC(=O)OCC(=O)NC3CCCCC3)c2O1. The summed E-state index contributed by atoms with van der Waals surface area (Å²) in [5.74, 6) is 0.381. The van der Waals surface area contributed by atoms with Crippen LogP contribution in [-0.2, 0) is 20.7 Å². The zero-order chi connectivity index (χ0) is 18.6. The molecule has 0 aromatic heterocycles. The smallest absolute Gasteiger partial charge is 0.344 e. The molecule has 1 heterocycles. The summed E-state index contributed by atoms with van der Waals surface area (Å²) < 4.78 is 16.5. The van der Waals surface area contributed by atoms with E-state index in [-0.39, 0.29) is 30.8 Å². The van der Waals surface area contributed by atoms with Crippen LogP contribution in [0.4, 0.5) is 0 Å². The average Bonchev–Trinajstić information content (AvgIpc) is 2.93. The molecular formula is C20H27NO5. The number of fused-ring (bicyclic) bond motifs is 1. The number of esters is 1. The second-order valence-corrected chi connectivity index (χ2v) is 7.63. The summed E-state index contributed by atoms with van der Waals surface area (Å²) in [6, 6.07) is 5.84. The highest BCUT2D eigenvalue weighted by Crippen LogP contribution is 2.41. The molecule has 0 atom stereocenters. The molecule has 142 valence electrons. The number of carbonyl (C=O) groups excluding carboxylic acids is 2. The number of amides is 1. The van der Waals surface area contributed by atoms with Crippen molar-refractivity contribution in [3.05, 3.63) is 23.8 Å². The molecular weight excluding hydrogens is 334 g/mol. The summed E-state index contributed by atoms with van der Waals surface area (Å²) in [5, 5.41) is 2.91. The fourth-order valence-electron chi connectivity index (χ4n) is 3.54. The maximum atomic E-state index is 11.9. The maximum Gasteiger partial charge on any atom is 0.344 e. The van der Waals surface area contributed by atoms with E-state index in [1.807, 2.05) is 26.0 Å². The highest BCUT2D eigenvalue weighted by atomic mass is 16.6. The van der Waals surface area contributed by atoms with Gasteiger partial charge in [0.25, 0.3) is 5.91 Å². The molecule has 0 radical (unpaired) electrons. The van der Waals surface area contributed by atoms with E-state index in [0.29, 0.717) is 11.5 Å². The standard InChI is InChI=1S/C20H27NO5/c1-20(2)11-14-7-6-10-16(19(14)26-20)24-13-18(23)25-12-17(22)21-15-8-4-3-5-9-15/h6-7,10,15H,3-5,8-9,11-13H2,1-2H3,(H,21,22). The van der Waals surface area contributed by atoms with Crippen molar-refractivity contribution in [1.29, 1.82) is 0 Å². The lowest BCUT2D eigenvalue weighted by molar-refractivity contribution is -0.150. The summed E-state index contributed by atoms with van der Waals surface area (Å²) >= 11 is 0. The maximum absolute atomic E-state index is 11.9. The van der Waals surface area contributed by atoms with Gasteiger partial charge in [-0.25, -0.2) is 4.79 Å². The number of benzene rings is 1. The number of hydrogen-bond donors (Lipinski definition) is 1. The van der Waals surface area contributed by atoms with Crippen LogP contribution in [0.5, 0.6) is 11.5 Å². The third-order valence-corrected chi connectivity index (χ3v) is 4.74. The Balaban J connectivity index is 1.42. The first-order valence-electron chi connectivity index (χ1n) is 9.32. The van der Waals surface area contributed by atoms with Gasteiger partial charge in [0, 0.05) is 18.0 Å². The lowest BCUT2D eigenvalue weighted by atomic mass is 9.95. The van der Waals surface area contributed by atoms with Crippen LogP contribution in [0.25, 0.3) is 0 Å². The summed E-state index contributed by atoms with van der Waals surface area (Å²) in [5.41, 5.74) is 0.784. The summed E-state index contributed by atoms with van der Waals surface area (Å²) in [4.78, 5) is 23.7. The predicted octanol–water partition coefficient (Wildman–Crippen LogP) is 2.77. The van der Waals surface area contributed by atoms with Crippen molar-refractivity contribution in [1.82, 2.24) is 5.32 Å². The summed E-state index contributed by atoms with van der Waals surface area (Å²) in [6.45, 7) is 3.50. The molecule has 0 spiro atoms. The molecule has 1 N–H and O–H groups in total. The molecule has 1 aliphatic carbocycles.